The van der Waals surface area contributed by atoms with Crippen molar-refractivity contribution in [3.8, 4) is 0 Å². The van der Waals surface area contributed by atoms with Gasteiger partial charge in [0, 0.05) is 20.0 Å². The quantitative estimate of drug-likeness (QED) is 0.470. The molecule has 0 aliphatic carbocycles. The Morgan fingerprint density at radius 3 is 1.67 bits per heavy atom. The fourth-order valence-electron chi connectivity index (χ4n) is 1.01. The molecular formula is C16H30O5. The number of hydrogen-bond acceptors (Lipinski definition) is 3. The number of aliphatic hydroxyl groups is 1. The van der Waals surface area contributed by atoms with Gasteiger partial charge >= 0.3 is 5.97 Å². The van der Waals surface area contributed by atoms with E-state index in [0.717, 1.165) is 39.0 Å². The normalized spacial score (nSPS) is 9.71. The monoisotopic (exact) mass is 302 g/mol. The van der Waals surface area contributed by atoms with Crippen LogP contribution in [0.2, 0.25) is 0 Å². The largest absolute Gasteiger partial charge is 0.481 e. The number of carbonyl (C=O) groups is 2. The Balaban J connectivity index is -0.000000256. The van der Waals surface area contributed by atoms with Crippen LogP contribution in [-0.4, -0.2) is 33.9 Å². The van der Waals surface area contributed by atoms with Crippen molar-refractivity contribution in [1.29, 1.82) is 0 Å². The van der Waals surface area contributed by atoms with Gasteiger partial charge in [-0.15, -0.1) is 0 Å². The molecule has 0 rings (SSSR count). The van der Waals surface area contributed by atoms with Crippen LogP contribution in [-0.2, 0) is 9.59 Å². The summed E-state index contributed by atoms with van der Waals surface area (Å²) in [6, 6.07) is 0. The molecule has 0 bridgehead atoms. The van der Waals surface area contributed by atoms with Crippen molar-refractivity contribution in [1.82, 2.24) is 0 Å². The SMILES string of the molecule is CC(=O)O.CC/C=C\CCCC(=O)O.CC/C=C\CCO. The van der Waals surface area contributed by atoms with E-state index in [4.69, 9.17) is 20.1 Å². The maximum absolute atomic E-state index is 10.0. The Labute approximate surface area is 128 Å². The zero-order valence-electron chi connectivity index (χ0n) is 13.4. The first-order valence-electron chi connectivity index (χ1n) is 7.24. The van der Waals surface area contributed by atoms with Crippen LogP contribution in [0.25, 0.3) is 0 Å². The molecule has 0 aliphatic heterocycles. The smallest absolute Gasteiger partial charge is 0.303 e. The number of carboxylic acids is 2. The van der Waals surface area contributed by atoms with E-state index >= 15 is 0 Å². The van der Waals surface area contributed by atoms with Crippen LogP contribution in [0.4, 0.5) is 0 Å². The third-order valence-corrected chi connectivity index (χ3v) is 1.86. The number of rotatable bonds is 8. The maximum atomic E-state index is 10.0. The van der Waals surface area contributed by atoms with Crippen molar-refractivity contribution in [2.75, 3.05) is 6.61 Å². The van der Waals surface area contributed by atoms with E-state index < -0.39 is 11.9 Å². The molecule has 0 saturated heterocycles. The lowest BCUT2D eigenvalue weighted by Gasteiger charge is -1.88. The lowest BCUT2D eigenvalue weighted by atomic mass is 10.2. The molecule has 0 aromatic heterocycles. The van der Waals surface area contributed by atoms with Gasteiger partial charge in [-0.1, -0.05) is 38.2 Å². The average molecular weight is 302 g/mol. The van der Waals surface area contributed by atoms with E-state index in [2.05, 4.69) is 26.0 Å². The molecule has 3 N–H and O–H groups in total. The van der Waals surface area contributed by atoms with Crippen molar-refractivity contribution >= 4 is 11.9 Å². The highest BCUT2D eigenvalue weighted by Gasteiger charge is 1.92. The van der Waals surface area contributed by atoms with E-state index in [1.54, 1.807) is 0 Å². The molecule has 0 unspecified atom stereocenters. The minimum absolute atomic E-state index is 0.274. The molecule has 0 fully saturated rings. The molecule has 21 heavy (non-hydrogen) atoms. The van der Waals surface area contributed by atoms with Gasteiger partial charge in [-0.05, 0) is 32.1 Å². The third-order valence-electron chi connectivity index (χ3n) is 1.86. The van der Waals surface area contributed by atoms with Crippen LogP contribution in [0, 0.1) is 0 Å². The summed E-state index contributed by atoms with van der Waals surface area (Å²) in [6.07, 6.45) is 13.0. The number of unbranched alkanes of at least 4 members (excludes halogenated alkanes) is 1. The molecular weight excluding hydrogens is 272 g/mol. The minimum Gasteiger partial charge on any atom is -0.481 e. The number of allylic oxidation sites excluding steroid dienone is 3. The molecule has 0 radical (unpaired) electrons. The van der Waals surface area contributed by atoms with Crippen molar-refractivity contribution in [2.45, 2.75) is 59.3 Å². The molecule has 0 amide bonds. The summed E-state index contributed by atoms with van der Waals surface area (Å²) in [5.41, 5.74) is 0. The van der Waals surface area contributed by atoms with Crippen LogP contribution in [0.15, 0.2) is 24.3 Å². The molecule has 0 aromatic rings. The average Bonchev–Trinajstić information content (AvgIpc) is 2.39. The van der Waals surface area contributed by atoms with Crippen LogP contribution in [0.3, 0.4) is 0 Å². The van der Waals surface area contributed by atoms with E-state index in [-0.39, 0.29) is 13.0 Å². The first kappa shape index (κ1) is 24.4. The van der Waals surface area contributed by atoms with Gasteiger partial charge in [-0.3, -0.25) is 9.59 Å². The van der Waals surface area contributed by atoms with Gasteiger partial charge in [-0.25, -0.2) is 0 Å². The van der Waals surface area contributed by atoms with Crippen LogP contribution >= 0.6 is 0 Å². The van der Waals surface area contributed by atoms with E-state index in [0.29, 0.717) is 0 Å². The minimum atomic E-state index is -0.833. The van der Waals surface area contributed by atoms with Gasteiger partial charge in [0.2, 0.25) is 0 Å². The molecule has 0 heterocycles. The molecule has 0 spiro atoms. The second-order valence-corrected chi connectivity index (χ2v) is 4.08. The lowest BCUT2D eigenvalue weighted by Crippen LogP contribution is -1.92. The second-order valence-electron chi connectivity index (χ2n) is 4.08. The Hall–Kier alpha value is -1.62. The number of carboxylic acid groups (broad SMARTS) is 2. The fourth-order valence-corrected chi connectivity index (χ4v) is 1.01. The van der Waals surface area contributed by atoms with E-state index in [1.807, 2.05) is 12.2 Å². The molecule has 124 valence electrons. The van der Waals surface area contributed by atoms with Crippen LogP contribution in [0.1, 0.15) is 59.3 Å². The highest BCUT2D eigenvalue weighted by Crippen LogP contribution is 1.96. The predicted octanol–water partition coefficient (Wildman–Crippen LogP) is 3.63. The summed E-state index contributed by atoms with van der Waals surface area (Å²) in [7, 11) is 0. The highest BCUT2D eigenvalue weighted by atomic mass is 16.4. The summed E-state index contributed by atoms with van der Waals surface area (Å²) in [4.78, 5) is 19.0. The Kier molecular flexibility index (Phi) is 27.3. The summed E-state index contributed by atoms with van der Waals surface area (Å²) >= 11 is 0. The van der Waals surface area contributed by atoms with Crippen LogP contribution < -0.4 is 0 Å². The second kappa shape index (κ2) is 23.5. The van der Waals surface area contributed by atoms with E-state index in [1.165, 1.54) is 0 Å². The Morgan fingerprint density at radius 1 is 0.905 bits per heavy atom. The summed E-state index contributed by atoms with van der Waals surface area (Å²) in [5, 5.41) is 23.9. The molecule has 0 atom stereocenters. The summed E-state index contributed by atoms with van der Waals surface area (Å²) < 4.78 is 0. The van der Waals surface area contributed by atoms with Gasteiger partial charge in [0.05, 0.1) is 0 Å². The van der Waals surface area contributed by atoms with Crippen molar-refractivity contribution in [3.63, 3.8) is 0 Å². The highest BCUT2D eigenvalue weighted by molar-refractivity contribution is 5.66. The topological polar surface area (TPSA) is 94.8 Å². The van der Waals surface area contributed by atoms with Crippen molar-refractivity contribution in [2.24, 2.45) is 0 Å². The van der Waals surface area contributed by atoms with Crippen LogP contribution in [0.5, 0.6) is 0 Å². The summed E-state index contributed by atoms with van der Waals surface area (Å²) in [6.45, 7) is 5.50. The zero-order valence-corrected chi connectivity index (χ0v) is 13.4. The number of aliphatic carboxylic acids is 2. The first-order valence-corrected chi connectivity index (χ1v) is 7.24. The fraction of sp³-hybridized carbons (Fsp3) is 0.625. The van der Waals surface area contributed by atoms with Gasteiger partial charge in [-0.2, -0.15) is 0 Å². The number of aliphatic hydroxyl groups excluding tert-OH is 1. The Bertz CT molecular complexity index is 278. The molecule has 0 aromatic carbocycles. The molecule has 0 saturated carbocycles. The predicted molar refractivity (Wildman–Crippen MR) is 85.4 cm³/mol. The number of hydrogen-bond donors (Lipinski definition) is 3. The third kappa shape index (κ3) is 56.0. The molecule has 5 nitrogen and oxygen atoms in total. The maximum Gasteiger partial charge on any atom is 0.303 e. The lowest BCUT2D eigenvalue weighted by molar-refractivity contribution is -0.137. The van der Waals surface area contributed by atoms with Gasteiger partial charge in [0.25, 0.3) is 5.97 Å². The summed E-state index contributed by atoms with van der Waals surface area (Å²) in [5.74, 6) is -1.54. The van der Waals surface area contributed by atoms with E-state index in [9.17, 15) is 4.79 Å². The first-order chi connectivity index (χ1) is 9.92. The zero-order chi connectivity index (χ0) is 16.9. The van der Waals surface area contributed by atoms with Gasteiger partial charge in [0.15, 0.2) is 0 Å². The Morgan fingerprint density at radius 2 is 1.33 bits per heavy atom. The van der Waals surface area contributed by atoms with Crippen molar-refractivity contribution < 1.29 is 24.9 Å². The van der Waals surface area contributed by atoms with Gasteiger partial charge in [0.1, 0.15) is 0 Å². The van der Waals surface area contributed by atoms with Crippen molar-refractivity contribution in [3.05, 3.63) is 24.3 Å². The standard InChI is InChI=1S/C8H14O2.C6H12O.C2H4O2/c1-2-3-4-5-6-7-8(9)10;1-2-3-4-5-6-7;1-2(3)4/h3-4H,2,5-7H2,1H3,(H,9,10);3-4,7H,2,5-6H2,1H3;1H3,(H,3,4)/b2*4-3-;. The molecule has 0 aliphatic rings. The molecule has 5 heteroatoms. The van der Waals surface area contributed by atoms with Gasteiger partial charge < -0.3 is 15.3 Å².